The lowest BCUT2D eigenvalue weighted by Crippen LogP contribution is -2.33. The molecular weight excluding hydrogens is 278 g/mol. The number of fused-ring (bicyclic) bond motifs is 1. The fourth-order valence-electron chi connectivity index (χ4n) is 2.94. The minimum atomic E-state index is 0.146. The first kappa shape index (κ1) is 13.1. The summed E-state index contributed by atoms with van der Waals surface area (Å²) >= 11 is 0. The van der Waals surface area contributed by atoms with Gasteiger partial charge in [-0.15, -0.1) is 10.2 Å². The number of anilines is 1. The van der Waals surface area contributed by atoms with Crippen LogP contribution in [0.5, 0.6) is 5.75 Å². The molecule has 1 N–H and O–H groups in total. The molecule has 0 saturated heterocycles. The highest BCUT2D eigenvalue weighted by Gasteiger charge is 2.29. The third kappa shape index (κ3) is 2.47. The minimum Gasteiger partial charge on any atom is -0.488 e. The number of ether oxygens (including phenoxy) is 1. The van der Waals surface area contributed by atoms with Crippen LogP contribution in [0.1, 0.15) is 19.3 Å². The van der Waals surface area contributed by atoms with Crippen LogP contribution in [0, 0.1) is 0 Å². The van der Waals surface area contributed by atoms with Crippen LogP contribution in [0.25, 0.3) is 5.65 Å². The van der Waals surface area contributed by atoms with Gasteiger partial charge in [-0.1, -0.05) is 18.2 Å². The quantitative estimate of drug-likeness (QED) is 0.801. The Hall–Kier alpha value is -2.63. The highest BCUT2D eigenvalue weighted by atomic mass is 16.5. The molecule has 2 aromatic heterocycles. The molecule has 0 amide bonds. The van der Waals surface area contributed by atoms with E-state index in [0.29, 0.717) is 0 Å². The first-order valence-corrected chi connectivity index (χ1v) is 7.53. The zero-order chi connectivity index (χ0) is 14.8. The number of hydrogen-bond acceptors (Lipinski definition) is 5. The monoisotopic (exact) mass is 295 g/mol. The molecule has 3 aromatic rings. The molecule has 2 atom stereocenters. The SMILES string of the molecule is c1ccc(O[C@@H]2CCC[C@H]2Nc2nccn3cnnc23)cc1. The maximum Gasteiger partial charge on any atom is 0.203 e. The first-order valence-electron chi connectivity index (χ1n) is 7.53. The average molecular weight is 295 g/mol. The van der Waals surface area contributed by atoms with Crippen LogP contribution in [-0.2, 0) is 0 Å². The Balaban J connectivity index is 1.53. The van der Waals surface area contributed by atoms with Gasteiger partial charge in [0.25, 0.3) is 0 Å². The van der Waals surface area contributed by atoms with E-state index in [1.54, 1.807) is 12.5 Å². The van der Waals surface area contributed by atoms with Gasteiger partial charge < -0.3 is 10.1 Å². The summed E-state index contributed by atoms with van der Waals surface area (Å²) in [6, 6.07) is 10.2. The summed E-state index contributed by atoms with van der Waals surface area (Å²) in [6.07, 6.45) is 8.66. The fourth-order valence-corrected chi connectivity index (χ4v) is 2.94. The Morgan fingerprint density at radius 1 is 1.18 bits per heavy atom. The molecule has 0 unspecified atom stereocenters. The van der Waals surface area contributed by atoms with Gasteiger partial charge in [-0.05, 0) is 31.4 Å². The Bertz CT molecular complexity index is 757. The van der Waals surface area contributed by atoms with Crippen LogP contribution >= 0.6 is 0 Å². The summed E-state index contributed by atoms with van der Waals surface area (Å²) in [5.74, 6) is 1.67. The predicted molar refractivity (Wildman–Crippen MR) is 82.9 cm³/mol. The molecule has 0 radical (unpaired) electrons. The third-order valence-electron chi connectivity index (χ3n) is 4.02. The number of aromatic nitrogens is 4. The van der Waals surface area contributed by atoms with Gasteiger partial charge in [-0.2, -0.15) is 0 Å². The zero-order valence-electron chi connectivity index (χ0n) is 12.1. The lowest BCUT2D eigenvalue weighted by Gasteiger charge is -2.22. The van der Waals surface area contributed by atoms with Gasteiger partial charge in [-0.3, -0.25) is 4.40 Å². The molecule has 22 heavy (non-hydrogen) atoms. The Kier molecular flexibility index (Phi) is 3.34. The highest BCUT2D eigenvalue weighted by Crippen LogP contribution is 2.27. The average Bonchev–Trinajstić information content (AvgIpc) is 3.19. The molecule has 1 aromatic carbocycles. The molecule has 1 fully saturated rings. The predicted octanol–water partition coefficient (Wildman–Crippen LogP) is 2.54. The minimum absolute atomic E-state index is 0.146. The van der Waals surface area contributed by atoms with Crippen molar-refractivity contribution in [1.82, 2.24) is 19.6 Å². The molecule has 1 saturated carbocycles. The van der Waals surface area contributed by atoms with Crippen LogP contribution in [0.4, 0.5) is 5.82 Å². The molecule has 2 heterocycles. The standard InChI is InChI=1S/C16H17N5O/c1-2-5-12(6-3-1)22-14-8-4-7-13(14)19-15-16-20-18-11-21(16)10-9-17-15/h1-3,5-6,9-11,13-14H,4,7-8H2,(H,17,19)/t13-,14-/m1/s1. The van der Waals surface area contributed by atoms with E-state index in [4.69, 9.17) is 4.74 Å². The molecule has 4 rings (SSSR count). The van der Waals surface area contributed by atoms with Crippen molar-refractivity contribution in [2.75, 3.05) is 5.32 Å². The van der Waals surface area contributed by atoms with Crippen LogP contribution in [0.15, 0.2) is 49.1 Å². The molecule has 0 aliphatic heterocycles. The lowest BCUT2D eigenvalue weighted by molar-refractivity contribution is 0.198. The van der Waals surface area contributed by atoms with E-state index in [2.05, 4.69) is 20.5 Å². The molecule has 1 aliphatic carbocycles. The summed E-state index contributed by atoms with van der Waals surface area (Å²) in [7, 11) is 0. The van der Waals surface area contributed by atoms with Crippen molar-refractivity contribution in [2.45, 2.75) is 31.4 Å². The van der Waals surface area contributed by atoms with Crippen LogP contribution < -0.4 is 10.1 Å². The van der Waals surface area contributed by atoms with Gasteiger partial charge in [0.05, 0.1) is 6.04 Å². The first-order chi connectivity index (χ1) is 10.9. The van der Waals surface area contributed by atoms with Gasteiger partial charge >= 0.3 is 0 Å². The van der Waals surface area contributed by atoms with Crippen LogP contribution in [-0.4, -0.2) is 31.7 Å². The van der Waals surface area contributed by atoms with Gasteiger partial charge in [0, 0.05) is 12.4 Å². The molecule has 0 spiro atoms. The summed E-state index contributed by atoms with van der Waals surface area (Å²) in [4.78, 5) is 4.39. The van der Waals surface area contributed by atoms with Crippen LogP contribution in [0.2, 0.25) is 0 Å². The van der Waals surface area contributed by atoms with E-state index in [9.17, 15) is 0 Å². The molecule has 1 aliphatic rings. The Morgan fingerprint density at radius 2 is 2.09 bits per heavy atom. The molecule has 0 bridgehead atoms. The lowest BCUT2D eigenvalue weighted by atomic mass is 10.2. The van der Waals surface area contributed by atoms with E-state index in [1.165, 1.54) is 0 Å². The number of nitrogens with zero attached hydrogens (tertiary/aromatic N) is 4. The van der Waals surface area contributed by atoms with Crippen molar-refractivity contribution in [2.24, 2.45) is 0 Å². The molecular formula is C16H17N5O. The van der Waals surface area contributed by atoms with E-state index in [0.717, 1.165) is 36.5 Å². The number of para-hydroxylation sites is 1. The fraction of sp³-hybridized carbons (Fsp3) is 0.312. The number of benzene rings is 1. The van der Waals surface area contributed by atoms with Crippen molar-refractivity contribution >= 4 is 11.5 Å². The molecule has 6 heteroatoms. The van der Waals surface area contributed by atoms with Crippen LogP contribution in [0.3, 0.4) is 0 Å². The number of hydrogen-bond donors (Lipinski definition) is 1. The van der Waals surface area contributed by atoms with Gasteiger partial charge in [0.1, 0.15) is 18.2 Å². The van der Waals surface area contributed by atoms with E-state index >= 15 is 0 Å². The topological polar surface area (TPSA) is 64.3 Å². The number of nitrogens with one attached hydrogen (secondary N) is 1. The van der Waals surface area contributed by atoms with Gasteiger partial charge in [-0.25, -0.2) is 4.98 Å². The van der Waals surface area contributed by atoms with E-state index in [-0.39, 0.29) is 12.1 Å². The Labute approximate surface area is 128 Å². The largest absolute Gasteiger partial charge is 0.488 e. The summed E-state index contributed by atoms with van der Waals surface area (Å²) < 4.78 is 7.98. The van der Waals surface area contributed by atoms with Crippen molar-refractivity contribution in [1.29, 1.82) is 0 Å². The number of rotatable bonds is 4. The second-order valence-electron chi connectivity index (χ2n) is 5.49. The maximum absolute atomic E-state index is 6.12. The highest BCUT2D eigenvalue weighted by molar-refractivity contribution is 5.62. The van der Waals surface area contributed by atoms with Gasteiger partial charge in [0.2, 0.25) is 5.65 Å². The summed E-state index contributed by atoms with van der Waals surface area (Å²) in [6.45, 7) is 0. The molecule has 112 valence electrons. The third-order valence-corrected chi connectivity index (χ3v) is 4.02. The van der Waals surface area contributed by atoms with Crippen molar-refractivity contribution in [3.8, 4) is 5.75 Å². The van der Waals surface area contributed by atoms with Gasteiger partial charge in [0.15, 0.2) is 5.82 Å². The maximum atomic E-state index is 6.12. The Morgan fingerprint density at radius 3 is 3.00 bits per heavy atom. The second-order valence-corrected chi connectivity index (χ2v) is 5.49. The van der Waals surface area contributed by atoms with Crippen molar-refractivity contribution < 1.29 is 4.74 Å². The summed E-state index contributed by atoms with van der Waals surface area (Å²) in [5, 5.41) is 11.5. The van der Waals surface area contributed by atoms with E-state index < -0.39 is 0 Å². The van der Waals surface area contributed by atoms with Crippen molar-refractivity contribution in [3.05, 3.63) is 49.1 Å². The normalized spacial score (nSPS) is 21.1. The zero-order valence-corrected chi connectivity index (χ0v) is 12.1. The van der Waals surface area contributed by atoms with Crippen molar-refractivity contribution in [3.63, 3.8) is 0 Å². The summed E-state index contributed by atoms with van der Waals surface area (Å²) in [5.41, 5.74) is 0.743. The second kappa shape index (κ2) is 5.63. The smallest absolute Gasteiger partial charge is 0.203 e. The van der Waals surface area contributed by atoms with E-state index in [1.807, 2.05) is 40.9 Å². The molecule has 6 nitrogen and oxygen atoms in total.